The van der Waals surface area contributed by atoms with Crippen molar-refractivity contribution in [2.45, 2.75) is 37.9 Å². The summed E-state index contributed by atoms with van der Waals surface area (Å²) in [6.45, 7) is -0.0914. The molecule has 0 aromatic rings. The Morgan fingerprint density at radius 3 is 1.40 bits per heavy atom. The third-order valence-electron chi connectivity index (χ3n) is 2.16. The summed E-state index contributed by atoms with van der Waals surface area (Å²) >= 11 is 0. The molecular formula is C10H22O5. The van der Waals surface area contributed by atoms with Crippen LogP contribution in [0.15, 0.2) is 0 Å². The van der Waals surface area contributed by atoms with Gasteiger partial charge in [0.05, 0.1) is 25.4 Å². The van der Waals surface area contributed by atoms with Crippen LogP contribution in [0.2, 0.25) is 0 Å². The highest BCUT2D eigenvalue weighted by Gasteiger charge is 2.14. The molecule has 0 aliphatic heterocycles. The van der Waals surface area contributed by atoms with Crippen LogP contribution in [0.5, 0.6) is 0 Å². The molecule has 4 N–H and O–H groups in total. The lowest BCUT2D eigenvalue weighted by Gasteiger charge is -2.21. The normalized spacial score (nSPS) is 15.2. The molecule has 0 aromatic heterocycles. The maximum atomic E-state index is 8.98. The summed E-state index contributed by atoms with van der Waals surface area (Å²) in [5.41, 5.74) is 0. The average Bonchev–Trinajstić information content (AvgIpc) is 2.28. The fourth-order valence-electron chi connectivity index (χ4n) is 1.31. The Labute approximate surface area is 90.3 Å². The van der Waals surface area contributed by atoms with E-state index in [-0.39, 0.29) is 38.6 Å². The quantitative estimate of drug-likeness (QED) is 0.391. The Kier molecular flexibility index (Phi) is 10.2. The van der Waals surface area contributed by atoms with E-state index in [4.69, 9.17) is 25.2 Å². The molecule has 5 heteroatoms. The van der Waals surface area contributed by atoms with E-state index in [1.165, 1.54) is 0 Å². The van der Waals surface area contributed by atoms with Crippen LogP contribution in [-0.2, 0) is 4.74 Å². The molecule has 0 saturated carbocycles. The van der Waals surface area contributed by atoms with Crippen molar-refractivity contribution in [2.75, 3.05) is 26.4 Å². The van der Waals surface area contributed by atoms with Crippen LogP contribution in [0.25, 0.3) is 0 Å². The number of aliphatic hydroxyl groups is 4. The molecule has 2 unspecified atom stereocenters. The molecule has 0 radical (unpaired) electrons. The third kappa shape index (κ3) is 7.70. The Balaban J connectivity index is 3.77. The van der Waals surface area contributed by atoms with Gasteiger partial charge in [0, 0.05) is 13.2 Å². The number of rotatable bonds is 10. The molecule has 0 spiro atoms. The van der Waals surface area contributed by atoms with Crippen molar-refractivity contribution in [3.05, 3.63) is 0 Å². The minimum Gasteiger partial charge on any atom is -0.396 e. The van der Waals surface area contributed by atoms with Crippen molar-refractivity contribution in [1.29, 1.82) is 0 Å². The number of hydrogen-bond donors (Lipinski definition) is 4. The maximum absolute atomic E-state index is 8.98. The second-order valence-corrected chi connectivity index (χ2v) is 3.48. The lowest BCUT2D eigenvalue weighted by atomic mass is 10.1. The minimum atomic E-state index is -0.340. The van der Waals surface area contributed by atoms with Crippen molar-refractivity contribution >= 4 is 0 Å². The van der Waals surface area contributed by atoms with Crippen LogP contribution in [-0.4, -0.2) is 59.1 Å². The Morgan fingerprint density at radius 1 is 0.733 bits per heavy atom. The van der Waals surface area contributed by atoms with Crippen molar-refractivity contribution in [1.82, 2.24) is 0 Å². The zero-order chi connectivity index (χ0) is 11.5. The number of hydrogen-bond acceptors (Lipinski definition) is 5. The predicted molar refractivity (Wildman–Crippen MR) is 55.5 cm³/mol. The predicted octanol–water partition coefficient (Wildman–Crippen LogP) is -0.730. The molecule has 0 heterocycles. The fourth-order valence-corrected chi connectivity index (χ4v) is 1.31. The molecule has 0 amide bonds. The third-order valence-corrected chi connectivity index (χ3v) is 2.16. The van der Waals surface area contributed by atoms with E-state index in [1.54, 1.807) is 0 Å². The first-order valence-corrected chi connectivity index (χ1v) is 5.37. The summed E-state index contributed by atoms with van der Waals surface area (Å²) in [7, 11) is 0. The van der Waals surface area contributed by atoms with Gasteiger partial charge in [0.1, 0.15) is 0 Å². The van der Waals surface area contributed by atoms with Gasteiger partial charge in [-0.1, -0.05) is 0 Å². The van der Waals surface area contributed by atoms with Gasteiger partial charge in [-0.15, -0.1) is 0 Å². The van der Waals surface area contributed by atoms with Gasteiger partial charge in [0.2, 0.25) is 0 Å². The molecule has 0 aliphatic carbocycles. The van der Waals surface area contributed by atoms with E-state index in [0.29, 0.717) is 25.7 Å². The summed E-state index contributed by atoms with van der Waals surface area (Å²) in [6, 6.07) is 0. The van der Waals surface area contributed by atoms with Crippen LogP contribution >= 0.6 is 0 Å². The van der Waals surface area contributed by atoms with Crippen LogP contribution in [0, 0.1) is 0 Å². The fraction of sp³-hybridized carbons (Fsp3) is 1.00. The van der Waals surface area contributed by atoms with Crippen molar-refractivity contribution < 1.29 is 25.2 Å². The minimum absolute atomic E-state index is 0.0697. The van der Waals surface area contributed by atoms with E-state index in [1.807, 2.05) is 0 Å². The second kappa shape index (κ2) is 10.3. The molecule has 0 saturated heterocycles. The first-order valence-electron chi connectivity index (χ1n) is 5.37. The molecule has 15 heavy (non-hydrogen) atoms. The molecule has 0 fully saturated rings. The smallest absolute Gasteiger partial charge is 0.0811 e. The van der Waals surface area contributed by atoms with Gasteiger partial charge < -0.3 is 25.2 Å². The summed E-state index contributed by atoms with van der Waals surface area (Å²) in [4.78, 5) is 0. The Bertz CT molecular complexity index is 117. The average molecular weight is 222 g/mol. The summed E-state index contributed by atoms with van der Waals surface area (Å²) < 4.78 is 5.43. The molecule has 0 aliphatic rings. The van der Waals surface area contributed by atoms with E-state index >= 15 is 0 Å². The van der Waals surface area contributed by atoms with Gasteiger partial charge in [-0.05, 0) is 25.7 Å². The van der Waals surface area contributed by atoms with E-state index in [2.05, 4.69) is 0 Å². The zero-order valence-electron chi connectivity index (χ0n) is 9.01. The van der Waals surface area contributed by atoms with Crippen molar-refractivity contribution in [2.24, 2.45) is 0 Å². The highest BCUT2D eigenvalue weighted by Crippen LogP contribution is 2.09. The van der Waals surface area contributed by atoms with E-state index < -0.39 is 0 Å². The first-order chi connectivity index (χ1) is 7.28. The van der Waals surface area contributed by atoms with Gasteiger partial charge in [0.15, 0.2) is 0 Å². The highest BCUT2D eigenvalue weighted by molar-refractivity contribution is 4.62. The topological polar surface area (TPSA) is 90.2 Å². The Hall–Kier alpha value is -0.200. The summed E-state index contributed by atoms with van der Waals surface area (Å²) in [5, 5.41) is 35.2. The van der Waals surface area contributed by atoms with Gasteiger partial charge >= 0.3 is 0 Å². The van der Waals surface area contributed by atoms with E-state index in [0.717, 1.165) is 0 Å². The molecule has 0 bridgehead atoms. The molecule has 0 aromatic carbocycles. The molecular weight excluding hydrogens is 200 g/mol. The van der Waals surface area contributed by atoms with Crippen LogP contribution in [0.1, 0.15) is 25.7 Å². The maximum Gasteiger partial charge on any atom is 0.0811 e. The molecule has 2 atom stereocenters. The van der Waals surface area contributed by atoms with E-state index in [9.17, 15) is 0 Å². The first kappa shape index (κ1) is 14.8. The highest BCUT2D eigenvalue weighted by atomic mass is 16.5. The molecule has 92 valence electrons. The molecule has 0 rings (SSSR count). The van der Waals surface area contributed by atoms with Crippen LogP contribution < -0.4 is 0 Å². The molecule has 5 nitrogen and oxygen atoms in total. The van der Waals surface area contributed by atoms with Gasteiger partial charge in [0.25, 0.3) is 0 Å². The van der Waals surface area contributed by atoms with Crippen LogP contribution in [0.4, 0.5) is 0 Å². The van der Waals surface area contributed by atoms with Crippen molar-refractivity contribution in [3.8, 4) is 0 Å². The largest absolute Gasteiger partial charge is 0.396 e. The van der Waals surface area contributed by atoms with Crippen molar-refractivity contribution in [3.63, 3.8) is 0 Å². The van der Waals surface area contributed by atoms with Gasteiger partial charge in [-0.2, -0.15) is 0 Å². The van der Waals surface area contributed by atoms with Gasteiger partial charge in [-0.25, -0.2) is 0 Å². The Morgan fingerprint density at radius 2 is 1.13 bits per heavy atom. The monoisotopic (exact) mass is 222 g/mol. The van der Waals surface area contributed by atoms with Crippen LogP contribution in [0.3, 0.4) is 0 Å². The summed E-state index contributed by atoms with van der Waals surface area (Å²) in [6.07, 6.45) is 1.61. The SMILES string of the molecule is OCCCC(CO)OC(CO)CCCO. The lowest BCUT2D eigenvalue weighted by Crippen LogP contribution is -2.28. The lowest BCUT2D eigenvalue weighted by molar-refractivity contribution is -0.0693. The number of aliphatic hydroxyl groups excluding tert-OH is 4. The van der Waals surface area contributed by atoms with Gasteiger partial charge in [-0.3, -0.25) is 0 Å². The zero-order valence-corrected chi connectivity index (χ0v) is 9.01. The number of ether oxygens (including phenoxy) is 1. The second-order valence-electron chi connectivity index (χ2n) is 3.48. The standard InChI is InChI=1S/C10H22O5/c11-5-1-3-9(7-13)15-10(8-14)4-2-6-12/h9-14H,1-8H2. The summed E-state index contributed by atoms with van der Waals surface area (Å²) in [5.74, 6) is 0.